The lowest BCUT2D eigenvalue weighted by atomic mass is 10.3. The van der Waals surface area contributed by atoms with E-state index in [0.717, 1.165) is 0 Å². The van der Waals surface area contributed by atoms with Crippen molar-refractivity contribution < 1.29 is 9.59 Å². The number of amides is 2. The van der Waals surface area contributed by atoms with Crippen molar-refractivity contribution in [1.29, 1.82) is 0 Å². The molecule has 0 aromatic carbocycles. The van der Waals surface area contributed by atoms with Crippen molar-refractivity contribution in [3.8, 4) is 0 Å². The van der Waals surface area contributed by atoms with Crippen molar-refractivity contribution in [2.75, 3.05) is 12.3 Å². The van der Waals surface area contributed by atoms with Gasteiger partial charge in [0, 0.05) is 18.8 Å². The Morgan fingerprint density at radius 1 is 1.44 bits per heavy atom. The van der Waals surface area contributed by atoms with Gasteiger partial charge < -0.3 is 20.9 Å². The second kappa shape index (κ2) is 6.09. The Morgan fingerprint density at radius 2 is 2.11 bits per heavy atom. The number of carbonyl (C=O) groups is 2. The fourth-order valence-electron chi connectivity index (χ4n) is 1.61. The van der Waals surface area contributed by atoms with Crippen LogP contribution < -0.4 is 16.4 Å². The summed E-state index contributed by atoms with van der Waals surface area (Å²) in [6, 6.07) is 1.66. The SMILES string of the molecule is CCn1cc(N)cc1C(=O)NCC(=O)NC(C)C. The second-order valence-corrected chi connectivity index (χ2v) is 4.35. The molecule has 100 valence electrons. The molecule has 0 aliphatic heterocycles. The highest BCUT2D eigenvalue weighted by Crippen LogP contribution is 2.10. The average Bonchev–Trinajstić information content (AvgIpc) is 2.66. The molecule has 1 rings (SSSR count). The van der Waals surface area contributed by atoms with E-state index in [9.17, 15) is 9.59 Å². The van der Waals surface area contributed by atoms with Crippen LogP contribution in [-0.4, -0.2) is 29.0 Å². The van der Waals surface area contributed by atoms with Crippen LogP contribution in [0.25, 0.3) is 0 Å². The molecule has 0 unspecified atom stereocenters. The molecule has 4 N–H and O–H groups in total. The standard InChI is InChI=1S/C12H20N4O2/c1-4-16-7-9(13)5-10(16)12(18)14-6-11(17)15-8(2)3/h5,7-8H,4,6,13H2,1-3H3,(H,14,18)(H,15,17). The molecule has 0 aliphatic rings. The first-order valence-corrected chi connectivity index (χ1v) is 5.97. The Hall–Kier alpha value is -1.98. The van der Waals surface area contributed by atoms with Crippen LogP contribution in [0.4, 0.5) is 5.69 Å². The lowest BCUT2D eigenvalue weighted by Crippen LogP contribution is -2.40. The van der Waals surface area contributed by atoms with E-state index in [2.05, 4.69) is 10.6 Å². The molecule has 1 heterocycles. The number of anilines is 1. The van der Waals surface area contributed by atoms with Gasteiger partial charge in [0.25, 0.3) is 5.91 Å². The summed E-state index contributed by atoms with van der Waals surface area (Å²) in [6.45, 7) is 6.26. The van der Waals surface area contributed by atoms with Gasteiger partial charge in [-0.25, -0.2) is 0 Å². The zero-order valence-electron chi connectivity index (χ0n) is 11.0. The molecule has 18 heavy (non-hydrogen) atoms. The molecule has 6 nitrogen and oxygen atoms in total. The van der Waals surface area contributed by atoms with Gasteiger partial charge in [-0.05, 0) is 26.8 Å². The Balaban J connectivity index is 2.57. The molecule has 1 aromatic rings. The molecule has 6 heteroatoms. The summed E-state index contributed by atoms with van der Waals surface area (Å²) in [5.41, 5.74) is 6.64. The summed E-state index contributed by atoms with van der Waals surface area (Å²) in [4.78, 5) is 23.3. The van der Waals surface area contributed by atoms with E-state index in [1.54, 1.807) is 16.8 Å². The van der Waals surface area contributed by atoms with Gasteiger partial charge in [0.2, 0.25) is 5.91 Å². The van der Waals surface area contributed by atoms with Crippen LogP contribution in [0.15, 0.2) is 12.3 Å². The summed E-state index contributed by atoms with van der Waals surface area (Å²) in [7, 11) is 0. The van der Waals surface area contributed by atoms with Crippen molar-refractivity contribution in [3.05, 3.63) is 18.0 Å². The molecule has 1 aromatic heterocycles. The van der Waals surface area contributed by atoms with E-state index in [4.69, 9.17) is 5.73 Å². The maximum atomic E-state index is 11.9. The van der Waals surface area contributed by atoms with Gasteiger partial charge in [0.1, 0.15) is 5.69 Å². The van der Waals surface area contributed by atoms with Crippen LogP contribution in [0.5, 0.6) is 0 Å². The normalized spacial score (nSPS) is 10.4. The maximum Gasteiger partial charge on any atom is 0.268 e. The number of nitrogen functional groups attached to an aromatic ring is 1. The van der Waals surface area contributed by atoms with Gasteiger partial charge in [-0.1, -0.05) is 0 Å². The first kappa shape index (κ1) is 14.1. The smallest absolute Gasteiger partial charge is 0.268 e. The molecule has 0 bridgehead atoms. The molecule has 0 atom stereocenters. The van der Waals surface area contributed by atoms with Crippen LogP contribution in [0, 0.1) is 0 Å². The zero-order chi connectivity index (χ0) is 13.7. The monoisotopic (exact) mass is 252 g/mol. The van der Waals surface area contributed by atoms with Crippen molar-refractivity contribution >= 4 is 17.5 Å². The van der Waals surface area contributed by atoms with E-state index in [-0.39, 0.29) is 24.4 Å². The highest BCUT2D eigenvalue weighted by Gasteiger charge is 2.13. The number of nitrogens with zero attached hydrogens (tertiary/aromatic N) is 1. The molecular weight excluding hydrogens is 232 g/mol. The predicted molar refractivity (Wildman–Crippen MR) is 70.1 cm³/mol. The Labute approximate surface area is 107 Å². The number of aromatic nitrogens is 1. The maximum absolute atomic E-state index is 11.9. The van der Waals surface area contributed by atoms with Crippen molar-refractivity contribution in [2.24, 2.45) is 0 Å². The molecule has 0 fully saturated rings. The fraction of sp³-hybridized carbons (Fsp3) is 0.500. The Bertz CT molecular complexity index is 437. The number of hydrogen-bond donors (Lipinski definition) is 3. The fourth-order valence-corrected chi connectivity index (χ4v) is 1.61. The summed E-state index contributed by atoms with van der Waals surface area (Å²) in [5, 5.41) is 5.26. The number of aryl methyl sites for hydroxylation is 1. The van der Waals surface area contributed by atoms with E-state index in [1.807, 2.05) is 20.8 Å². The van der Waals surface area contributed by atoms with Gasteiger partial charge in [-0.3, -0.25) is 9.59 Å². The minimum Gasteiger partial charge on any atom is -0.397 e. The topological polar surface area (TPSA) is 89.2 Å². The summed E-state index contributed by atoms with van der Waals surface area (Å²) in [5.74, 6) is -0.506. The van der Waals surface area contributed by atoms with Crippen molar-refractivity contribution in [3.63, 3.8) is 0 Å². The quantitative estimate of drug-likeness (QED) is 0.706. The van der Waals surface area contributed by atoms with Gasteiger partial charge >= 0.3 is 0 Å². The van der Waals surface area contributed by atoms with Crippen LogP contribution in [0.1, 0.15) is 31.3 Å². The van der Waals surface area contributed by atoms with Crippen LogP contribution in [-0.2, 0) is 11.3 Å². The number of hydrogen-bond acceptors (Lipinski definition) is 3. The number of rotatable bonds is 5. The van der Waals surface area contributed by atoms with Crippen LogP contribution in [0.3, 0.4) is 0 Å². The summed E-state index contributed by atoms with van der Waals surface area (Å²) >= 11 is 0. The lowest BCUT2D eigenvalue weighted by Gasteiger charge is -2.10. The highest BCUT2D eigenvalue weighted by atomic mass is 16.2. The number of nitrogens with two attached hydrogens (primary N) is 1. The van der Waals surface area contributed by atoms with Gasteiger partial charge in [0.05, 0.1) is 12.2 Å². The summed E-state index contributed by atoms with van der Waals surface area (Å²) in [6.07, 6.45) is 1.70. The average molecular weight is 252 g/mol. The van der Waals surface area contributed by atoms with E-state index in [0.29, 0.717) is 17.9 Å². The van der Waals surface area contributed by atoms with Crippen LogP contribution in [0.2, 0.25) is 0 Å². The third-order valence-electron chi connectivity index (χ3n) is 2.35. The van der Waals surface area contributed by atoms with Crippen molar-refractivity contribution in [1.82, 2.24) is 15.2 Å². The molecule has 0 saturated heterocycles. The molecule has 0 aliphatic carbocycles. The van der Waals surface area contributed by atoms with E-state index in [1.165, 1.54) is 0 Å². The molecule has 0 radical (unpaired) electrons. The van der Waals surface area contributed by atoms with Crippen molar-refractivity contribution in [2.45, 2.75) is 33.4 Å². The lowest BCUT2D eigenvalue weighted by molar-refractivity contribution is -0.120. The van der Waals surface area contributed by atoms with E-state index >= 15 is 0 Å². The van der Waals surface area contributed by atoms with Crippen LogP contribution >= 0.6 is 0 Å². The Morgan fingerprint density at radius 3 is 2.67 bits per heavy atom. The predicted octanol–water partition coefficient (Wildman–Crippen LogP) is 0.345. The second-order valence-electron chi connectivity index (χ2n) is 4.35. The number of nitrogens with one attached hydrogen (secondary N) is 2. The molecular formula is C12H20N4O2. The van der Waals surface area contributed by atoms with Gasteiger partial charge in [-0.15, -0.1) is 0 Å². The first-order valence-electron chi connectivity index (χ1n) is 5.97. The van der Waals surface area contributed by atoms with E-state index < -0.39 is 0 Å². The van der Waals surface area contributed by atoms with Gasteiger partial charge in [-0.2, -0.15) is 0 Å². The minimum atomic E-state index is -0.299. The van der Waals surface area contributed by atoms with Gasteiger partial charge in [0.15, 0.2) is 0 Å². The molecule has 2 amide bonds. The molecule has 0 spiro atoms. The highest BCUT2D eigenvalue weighted by molar-refractivity contribution is 5.96. The third kappa shape index (κ3) is 3.80. The number of carbonyl (C=O) groups excluding carboxylic acids is 2. The minimum absolute atomic E-state index is 0.0359. The third-order valence-corrected chi connectivity index (χ3v) is 2.35. The largest absolute Gasteiger partial charge is 0.397 e. The zero-order valence-corrected chi connectivity index (χ0v) is 11.0. The first-order chi connectivity index (χ1) is 8.43. The summed E-state index contributed by atoms with van der Waals surface area (Å²) < 4.78 is 1.74. The molecule has 0 saturated carbocycles. The Kier molecular flexibility index (Phi) is 4.76.